The molecule has 1 aliphatic rings. The summed E-state index contributed by atoms with van der Waals surface area (Å²) in [5.74, 6) is -0.0934. The summed E-state index contributed by atoms with van der Waals surface area (Å²) in [5.41, 5.74) is 5.64. The number of rotatable bonds is 4. The summed E-state index contributed by atoms with van der Waals surface area (Å²) in [4.78, 5) is 19.1. The molecule has 7 heteroatoms. The number of anilines is 1. The molecule has 6 nitrogen and oxygen atoms in total. The van der Waals surface area contributed by atoms with Crippen LogP contribution >= 0.6 is 11.3 Å². The van der Waals surface area contributed by atoms with Crippen LogP contribution in [0.15, 0.2) is 0 Å². The van der Waals surface area contributed by atoms with Crippen molar-refractivity contribution in [3.63, 3.8) is 0 Å². The van der Waals surface area contributed by atoms with Gasteiger partial charge in [0.25, 0.3) is 0 Å². The van der Waals surface area contributed by atoms with Gasteiger partial charge in [0.15, 0.2) is 5.13 Å². The average molecular weight is 298 g/mol. The highest BCUT2D eigenvalue weighted by atomic mass is 32.1. The van der Waals surface area contributed by atoms with Crippen molar-refractivity contribution >= 4 is 22.4 Å². The summed E-state index contributed by atoms with van der Waals surface area (Å²) in [6.07, 6.45) is 1.66. The Hall–Kier alpha value is -1.18. The highest BCUT2D eigenvalue weighted by molar-refractivity contribution is 7.15. The minimum Gasteiger partial charge on any atom is -0.388 e. The van der Waals surface area contributed by atoms with Crippen LogP contribution < -0.4 is 11.1 Å². The van der Waals surface area contributed by atoms with Gasteiger partial charge in [-0.2, -0.15) is 0 Å². The Morgan fingerprint density at radius 2 is 2.20 bits per heavy atom. The highest BCUT2D eigenvalue weighted by Crippen LogP contribution is 2.22. The van der Waals surface area contributed by atoms with Gasteiger partial charge in [0.2, 0.25) is 5.91 Å². The van der Waals surface area contributed by atoms with Crippen LogP contribution in [0, 0.1) is 6.92 Å². The van der Waals surface area contributed by atoms with Gasteiger partial charge in [-0.15, -0.1) is 11.3 Å². The van der Waals surface area contributed by atoms with Gasteiger partial charge in [0.05, 0.1) is 17.7 Å². The number of nitrogens with one attached hydrogen (secondary N) is 1. The van der Waals surface area contributed by atoms with E-state index in [1.807, 2.05) is 14.0 Å². The zero-order chi connectivity index (χ0) is 14.8. The number of thiazole rings is 1. The Morgan fingerprint density at radius 1 is 1.55 bits per heavy atom. The first kappa shape index (κ1) is 15.2. The maximum atomic E-state index is 11.9. The van der Waals surface area contributed by atoms with Crippen LogP contribution in [-0.4, -0.2) is 53.2 Å². The fourth-order valence-corrected chi connectivity index (χ4v) is 3.13. The number of amides is 1. The summed E-state index contributed by atoms with van der Waals surface area (Å²) in [5, 5.41) is 13.7. The summed E-state index contributed by atoms with van der Waals surface area (Å²) in [7, 11) is 2.04. The monoisotopic (exact) mass is 298 g/mol. The molecule has 0 spiro atoms. The number of aryl methyl sites for hydroxylation is 1. The molecule has 1 aromatic rings. The number of piperidine rings is 1. The average Bonchev–Trinajstić information content (AvgIpc) is 2.70. The van der Waals surface area contributed by atoms with E-state index in [9.17, 15) is 9.90 Å². The van der Waals surface area contributed by atoms with Crippen LogP contribution in [0.25, 0.3) is 0 Å². The van der Waals surface area contributed by atoms with E-state index in [2.05, 4.69) is 15.2 Å². The number of nitrogens with zero attached hydrogens (tertiary/aromatic N) is 2. The molecule has 112 valence electrons. The minimum atomic E-state index is -0.774. The molecule has 0 atom stereocenters. The number of aromatic nitrogens is 1. The smallest absolute Gasteiger partial charge is 0.225 e. The van der Waals surface area contributed by atoms with E-state index in [0.29, 0.717) is 24.5 Å². The number of nitrogen functional groups attached to an aromatic ring is 1. The number of hydrogen-bond acceptors (Lipinski definition) is 6. The molecule has 20 heavy (non-hydrogen) atoms. The van der Waals surface area contributed by atoms with E-state index in [-0.39, 0.29) is 12.3 Å². The summed E-state index contributed by atoms with van der Waals surface area (Å²) in [6.45, 7) is 3.88. The fraction of sp³-hybridized carbons (Fsp3) is 0.692. The number of aliphatic hydroxyl groups is 1. The first-order chi connectivity index (χ1) is 9.38. The molecule has 1 fully saturated rings. The quantitative estimate of drug-likeness (QED) is 0.736. The third kappa shape index (κ3) is 3.91. The van der Waals surface area contributed by atoms with E-state index in [1.165, 1.54) is 11.3 Å². The highest BCUT2D eigenvalue weighted by Gasteiger charge is 2.31. The molecule has 0 unspecified atom stereocenters. The van der Waals surface area contributed by atoms with E-state index in [0.717, 1.165) is 23.7 Å². The van der Waals surface area contributed by atoms with Crippen LogP contribution in [0.4, 0.5) is 5.13 Å². The molecule has 0 saturated carbocycles. The Morgan fingerprint density at radius 3 is 2.75 bits per heavy atom. The zero-order valence-corrected chi connectivity index (χ0v) is 12.8. The van der Waals surface area contributed by atoms with Gasteiger partial charge in [-0.1, -0.05) is 0 Å². The van der Waals surface area contributed by atoms with E-state index >= 15 is 0 Å². The van der Waals surface area contributed by atoms with E-state index < -0.39 is 5.60 Å². The zero-order valence-electron chi connectivity index (χ0n) is 12.0. The molecule has 0 radical (unpaired) electrons. The van der Waals surface area contributed by atoms with Crippen LogP contribution in [0.2, 0.25) is 0 Å². The molecule has 1 aromatic heterocycles. The molecule has 2 rings (SSSR count). The van der Waals surface area contributed by atoms with Crippen molar-refractivity contribution in [1.29, 1.82) is 0 Å². The van der Waals surface area contributed by atoms with Crippen molar-refractivity contribution in [2.24, 2.45) is 0 Å². The molecule has 2 heterocycles. The maximum Gasteiger partial charge on any atom is 0.225 e. The Bertz CT molecular complexity index is 481. The SMILES string of the molecule is Cc1nc(N)sc1CC(=O)NCC1(O)CCN(C)CC1. The molecule has 1 amide bonds. The summed E-state index contributed by atoms with van der Waals surface area (Å²) in [6, 6.07) is 0. The third-order valence-electron chi connectivity index (χ3n) is 3.76. The van der Waals surface area contributed by atoms with Gasteiger partial charge in [0, 0.05) is 24.5 Å². The van der Waals surface area contributed by atoms with Crippen LogP contribution in [-0.2, 0) is 11.2 Å². The van der Waals surface area contributed by atoms with Crippen molar-refractivity contribution in [1.82, 2.24) is 15.2 Å². The number of nitrogens with two attached hydrogens (primary N) is 1. The van der Waals surface area contributed by atoms with Gasteiger partial charge in [-0.05, 0) is 26.8 Å². The van der Waals surface area contributed by atoms with Gasteiger partial charge >= 0.3 is 0 Å². The lowest BCUT2D eigenvalue weighted by molar-refractivity contribution is -0.122. The Balaban J connectivity index is 1.82. The van der Waals surface area contributed by atoms with Crippen LogP contribution in [0.1, 0.15) is 23.4 Å². The first-order valence-electron chi connectivity index (χ1n) is 6.77. The second-order valence-electron chi connectivity index (χ2n) is 5.54. The second kappa shape index (κ2) is 6.07. The number of hydrogen-bond donors (Lipinski definition) is 3. The second-order valence-corrected chi connectivity index (χ2v) is 6.66. The van der Waals surface area contributed by atoms with Gasteiger partial charge in [-0.3, -0.25) is 4.79 Å². The Labute approximate surface area is 123 Å². The molecule has 1 aliphatic heterocycles. The molecule has 0 bridgehead atoms. The largest absolute Gasteiger partial charge is 0.388 e. The van der Waals surface area contributed by atoms with Crippen molar-refractivity contribution in [2.75, 3.05) is 32.4 Å². The van der Waals surface area contributed by atoms with Crippen molar-refractivity contribution in [2.45, 2.75) is 31.8 Å². The van der Waals surface area contributed by atoms with Crippen molar-refractivity contribution in [3.05, 3.63) is 10.6 Å². The number of carbonyl (C=O) groups is 1. The lowest BCUT2D eigenvalue weighted by Crippen LogP contribution is -2.50. The number of likely N-dealkylation sites (tertiary alicyclic amines) is 1. The Kier molecular flexibility index (Phi) is 4.62. The summed E-state index contributed by atoms with van der Waals surface area (Å²) < 4.78 is 0. The van der Waals surface area contributed by atoms with Crippen molar-refractivity contribution < 1.29 is 9.90 Å². The van der Waals surface area contributed by atoms with Crippen molar-refractivity contribution in [3.8, 4) is 0 Å². The predicted octanol–water partition coefficient (Wildman–Crippen LogP) is 0.149. The molecular formula is C13H22N4O2S. The normalized spacial score (nSPS) is 18.9. The van der Waals surface area contributed by atoms with Crippen LogP contribution in [0.5, 0.6) is 0 Å². The van der Waals surface area contributed by atoms with E-state index in [4.69, 9.17) is 5.73 Å². The lowest BCUT2D eigenvalue weighted by atomic mass is 9.91. The van der Waals surface area contributed by atoms with Gasteiger partial charge < -0.3 is 21.1 Å². The van der Waals surface area contributed by atoms with E-state index in [1.54, 1.807) is 0 Å². The molecular weight excluding hydrogens is 276 g/mol. The predicted molar refractivity (Wildman–Crippen MR) is 79.7 cm³/mol. The molecule has 1 saturated heterocycles. The first-order valence-corrected chi connectivity index (χ1v) is 7.59. The fourth-order valence-electron chi connectivity index (χ4n) is 2.30. The minimum absolute atomic E-state index is 0.0934. The molecule has 0 aliphatic carbocycles. The van der Waals surface area contributed by atoms with Gasteiger partial charge in [0.1, 0.15) is 0 Å². The third-order valence-corrected chi connectivity index (χ3v) is 4.75. The molecule has 0 aromatic carbocycles. The van der Waals surface area contributed by atoms with Gasteiger partial charge in [-0.25, -0.2) is 4.98 Å². The maximum absolute atomic E-state index is 11.9. The standard InChI is InChI=1S/C13H22N4O2S/c1-9-10(20-12(14)16-9)7-11(18)15-8-13(19)3-5-17(2)6-4-13/h19H,3-8H2,1-2H3,(H2,14,16)(H,15,18). The van der Waals surface area contributed by atoms with Crippen LogP contribution in [0.3, 0.4) is 0 Å². The number of carbonyl (C=O) groups excluding carboxylic acids is 1. The molecule has 4 N–H and O–H groups in total. The topological polar surface area (TPSA) is 91.5 Å². The lowest BCUT2D eigenvalue weighted by Gasteiger charge is -2.36. The summed E-state index contributed by atoms with van der Waals surface area (Å²) >= 11 is 1.34.